The topological polar surface area (TPSA) is 126 Å². The summed E-state index contributed by atoms with van der Waals surface area (Å²) in [4.78, 5) is 67.8. The minimum atomic E-state index is -2.70. The molecule has 0 bridgehead atoms. The number of terminal acetylenes is 1. The number of hydrogen-bond donors (Lipinski definition) is 2. The molecular formula is C32H34O7. The predicted molar refractivity (Wildman–Crippen MR) is 142 cm³/mol. The normalized spacial score (nSPS) is 33.4. The van der Waals surface area contributed by atoms with Crippen LogP contribution >= 0.6 is 0 Å². The molecule has 2 N–H and O–H groups in total. The molecule has 0 radical (unpaired) electrons. The van der Waals surface area contributed by atoms with Gasteiger partial charge in [0.15, 0.2) is 28.7 Å². The largest absolute Gasteiger partial charge is 0.507 e. The van der Waals surface area contributed by atoms with Crippen LogP contribution in [0.5, 0.6) is 5.75 Å². The molecule has 3 aliphatic rings. The summed E-state index contributed by atoms with van der Waals surface area (Å²) in [5.74, 6) is -0.369. The predicted octanol–water partition coefficient (Wildman–Crippen LogP) is 3.25. The van der Waals surface area contributed by atoms with E-state index >= 15 is 0 Å². The highest BCUT2D eigenvalue weighted by Gasteiger charge is 2.76. The van der Waals surface area contributed by atoms with Gasteiger partial charge in [-0.25, -0.2) is 0 Å². The van der Waals surface area contributed by atoms with Crippen LogP contribution in [0.1, 0.15) is 81.8 Å². The number of phenols is 1. The summed E-state index contributed by atoms with van der Waals surface area (Å²) >= 11 is 0. The SMILES string of the molecule is C#CCCCC#Cc1ccc(O)c2c1C[C@]1(C)C[C@]3(C)C(C(C)C)C(=O)C(C(C)=O)C(=O)[C@]3(O)C(=O)C1C2=O. The first-order valence-corrected chi connectivity index (χ1v) is 13.3. The third kappa shape index (κ3) is 3.90. The minimum absolute atomic E-state index is 0.00767. The van der Waals surface area contributed by atoms with E-state index in [1.54, 1.807) is 33.8 Å². The molecule has 1 aromatic carbocycles. The lowest BCUT2D eigenvalue weighted by Gasteiger charge is -2.61. The molecule has 3 unspecified atom stereocenters. The highest BCUT2D eigenvalue weighted by atomic mass is 16.3. The van der Waals surface area contributed by atoms with E-state index in [9.17, 15) is 34.2 Å². The van der Waals surface area contributed by atoms with Gasteiger partial charge in [0.05, 0.1) is 11.5 Å². The van der Waals surface area contributed by atoms with Gasteiger partial charge in [0.2, 0.25) is 0 Å². The van der Waals surface area contributed by atoms with Crippen molar-refractivity contribution in [2.24, 2.45) is 34.5 Å². The first kappa shape index (κ1) is 28.5. The number of fused-ring (bicyclic) bond motifs is 3. The maximum Gasteiger partial charge on any atom is 0.190 e. The highest BCUT2D eigenvalue weighted by molar-refractivity contribution is 6.32. The molecule has 6 atom stereocenters. The average Bonchev–Trinajstić information content (AvgIpc) is 2.82. The Balaban J connectivity index is 1.90. The number of phenolic OH excluding ortho intramolecular Hbond substituents is 1. The second-order valence-corrected chi connectivity index (χ2v) is 12.2. The third-order valence-corrected chi connectivity index (χ3v) is 9.11. The number of unbranched alkanes of at least 4 members (excludes halogenated alkanes) is 2. The number of rotatable bonds is 4. The molecule has 7 heteroatoms. The molecule has 0 spiro atoms. The number of carbonyl (C=O) groups is 5. The molecule has 204 valence electrons. The standard InChI is InChI=1S/C32H34O7/c1-7-8-9-10-11-12-19-13-14-21(34)23-20(19)15-30(5)16-31(6)24(17(2)3)26(35)22(18(4)33)28(37)32(31,39)29(38)25(30)27(23)36/h1,13-14,17,22,24-25,34,39H,8-10,15-16H2,2-6H3/t22?,24?,25?,30-,31-,32+/m1/s1. The molecule has 2 saturated carbocycles. The Labute approximate surface area is 228 Å². The van der Waals surface area contributed by atoms with Crippen molar-refractivity contribution in [1.29, 1.82) is 0 Å². The fourth-order valence-electron chi connectivity index (χ4n) is 7.69. The first-order chi connectivity index (χ1) is 18.2. The molecule has 0 amide bonds. The van der Waals surface area contributed by atoms with Crippen molar-refractivity contribution in [1.82, 2.24) is 0 Å². The van der Waals surface area contributed by atoms with Gasteiger partial charge in [-0.2, -0.15) is 0 Å². The van der Waals surface area contributed by atoms with E-state index in [0.29, 0.717) is 30.4 Å². The van der Waals surface area contributed by atoms with E-state index in [1.807, 2.05) is 0 Å². The number of benzene rings is 1. The Hall–Kier alpha value is -3.55. The molecule has 2 fully saturated rings. The fraction of sp³-hybridized carbons (Fsp3) is 0.531. The highest BCUT2D eigenvalue weighted by Crippen LogP contribution is 2.63. The quantitative estimate of drug-likeness (QED) is 0.348. The second kappa shape index (κ2) is 9.57. The Morgan fingerprint density at radius 1 is 1.13 bits per heavy atom. The van der Waals surface area contributed by atoms with Crippen LogP contribution < -0.4 is 0 Å². The maximum absolute atomic E-state index is 14.2. The van der Waals surface area contributed by atoms with Crippen molar-refractivity contribution in [2.45, 2.75) is 72.3 Å². The van der Waals surface area contributed by atoms with Crippen LogP contribution in [0, 0.1) is 58.7 Å². The molecule has 0 aromatic heterocycles. The average molecular weight is 531 g/mol. The van der Waals surface area contributed by atoms with Gasteiger partial charge in [-0.05, 0) is 55.2 Å². The summed E-state index contributed by atoms with van der Waals surface area (Å²) in [7, 11) is 0. The fourth-order valence-corrected chi connectivity index (χ4v) is 7.69. The van der Waals surface area contributed by atoms with Crippen molar-refractivity contribution >= 4 is 28.9 Å². The lowest BCUT2D eigenvalue weighted by atomic mass is 9.40. The number of aromatic hydroxyl groups is 1. The molecule has 1 aromatic rings. The van der Waals surface area contributed by atoms with E-state index in [1.165, 1.54) is 6.07 Å². The zero-order chi connectivity index (χ0) is 29.1. The maximum atomic E-state index is 14.2. The molecule has 0 heterocycles. The van der Waals surface area contributed by atoms with E-state index in [4.69, 9.17) is 6.42 Å². The Morgan fingerprint density at radius 3 is 2.38 bits per heavy atom. The zero-order valence-electron chi connectivity index (χ0n) is 23.0. The second-order valence-electron chi connectivity index (χ2n) is 12.2. The summed E-state index contributed by atoms with van der Waals surface area (Å²) in [6.07, 6.45) is 7.33. The van der Waals surface area contributed by atoms with Gasteiger partial charge in [0.25, 0.3) is 0 Å². The molecular weight excluding hydrogens is 496 g/mol. The van der Waals surface area contributed by atoms with Gasteiger partial charge in [-0.1, -0.05) is 39.5 Å². The number of hydrogen-bond acceptors (Lipinski definition) is 7. The number of Topliss-reactive ketones (excluding diaryl/α,β-unsaturated/α-hetero) is 5. The van der Waals surface area contributed by atoms with Gasteiger partial charge in [0, 0.05) is 29.7 Å². The number of ketones is 5. The van der Waals surface area contributed by atoms with Crippen molar-refractivity contribution in [3.63, 3.8) is 0 Å². The van der Waals surface area contributed by atoms with Crippen LogP contribution in [-0.4, -0.2) is 44.7 Å². The molecule has 4 rings (SSSR count). The van der Waals surface area contributed by atoms with Crippen LogP contribution in [0.3, 0.4) is 0 Å². The van der Waals surface area contributed by atoms with Crippen molar-refractivity contribution in [3.8, 4) is 29.9 Å². The zero-order valence-corrected chi connectivity index (χ0v) is 23.0. The van der Waals surface area contributed by atoms with E-state index in [-0.39, 0.29) is 24.2 Å². The van der Waals surface area contributed by atoms with Gasteiger partial charge >= 0.3 is 0 Å². The van der Waals surface area contributed by atoms with Crippen LogP contribution in [-0.2, 0) is 25.6 Å². The molecule has 39 heavy (non-hydrogen) atoms. The summed E-state index contributed by atoms with van der Waals surface area (Å²) in [5.41, 5.74) is -4.32. The summed E-state index contributed by atoms with van der Waals surface area (Å²) in [6, 6.07) is 2.98. The molecule has 0 aliphatic heterocycles. The van der Waals surface area contributed by atoms with Crippen LogP contribution in [0.2, 0.25) is 0 Å². The van der Waals surface area contributed by atoms with Gasteiger partial charge in [0.1, 0.15) is 17.5 Å². The third-order valence-electron chi connectivity index (χ3n) is 9.11. The number of aliphatic hydroxyl groups is 1. The first-order valence-electron chi connectivity index (χ1n) is 13.3. The van der Waals surface area contributed by atoms with Crippen molar-refractivity contribution in [3.05, 3.63) is 28.8 Å². The van der Waals surface area contributed by atoms with Gasteiger partial charge < -0.3 is 10.2 Å². The smallest absolute Gasteiger partial charge is 0.190 e. The summed E-state index contributed by atoms with van der Waals surface area (Å²) < 4.78 is 0. The van der Waals surface area contributed by atoms with Crippen LogP contribution in [0.25, 0.3) is 0 Å². The lowest BCUT2D eigenvalue weighted by Crippen LogP contribution is -2.76. The van der Waals surface area contributed by atoms with Gasteiger partial charge in [-0.3, -0.25) is 24.0 Å². The monoisotopic (exact) mass is 530 g/mol. The number of carbonyl (C=O) groups excluding carboxylic acids is 5. The Bertz CT molecular complexity index is 1420. The molecule has 0 saturated heterocycles. The van der Waals surface area contributed by atoms with E-state index in [0.717, 1.165) is 6.92 Å². The molecule has 7 nitrogen and oxygen atoms in total. The van der Waals surface area contributed by atoms with Crippen LogP contribution in [0.15, 0.2) is 12.1 Å². The lowest BCUT2D eigenvalue weighted by molar-refractivity contribution is -0.205. The Kier molecular flexibility index (Phi) is 6.99. The minimum Gasteiger partial charge on any atom is -0.507 e. The summed E-state index contributed by atoms with van der Waals surface area (Å²) in [6.45, 7) is 7.91. The van der Waals surface area contributed by atoms with E-state index < -0.39 is 69.0 Å². The van der Waals surface area contributed by atoms with E-state index in [2.05, 4.69) is 17.8 Å². The summed E-state index contributed by atoms with van der Waals surface area (Å²) in [5, 5.41) is 22.7. The van der Waals surface area contributed by atoms with Crippen molar-refractivity contribution in [2.75, 3.05) is 0 Å². The van der Waals surface area contributed by atoms with Crippen molar-refractivity contribution < 1.29 is 34.2 Å². The van der Waals surface area contributed by atoms with Gasteiger partial charge in [-0.15, -0.1) is 12.3 Å². The van der Waals surface area contributed by atoms with Crippen LogP contribution in [0.4, 0.5) is 0 Å². The molecule has 3 aliphatic carbocycles. The Morgan fingerprint density at radius 2 is 1.79 bits per heavy atom.